The summed E-state index contributed by atoms with van der Waals surface area (Å²) in [7, 11) is 0. The van der Waals surface area contributed by atoms with E-state index in [0.29, 0.717) is 5.92 Å². The zero-order valence-electron chi connectivity index (χ0n) is 10.2. The third-order valence-corrected chi connectivity index (χ3v) is 3.26. The summed E-state index contributed by atoms with van der Waals surface area (Å²) in [5.41, 5.74) is 5.79. The van der Waals surface area contributed by atoms with Crippen LogP contribution in [0, 0.1) is 5.92 Å². The fraction of sp³-hybridized carbons (Fsp3) is 1.00. The maximum atomic E-state index is 5.72. The largest absolute Gasteiger partial charge is 0.374 e. The molecule has 0 saturated carbocycles. The van der Waals surface area contributed by atoms with Crippen molar-refractivity contribution in [3.8, 4) is 0 Å². The quantitative estimate of drug-likeness (QED) is 0.675. The third kappa shape index (κ3) is 4.49. The molecule has 0 bridgehead atoms. The van der Waals surface area contributed by atoms with Crippen LogP contribution >= 0.6 is 0 Å². The van der Waals surface area contributed by atoms with Gasteiger partial charge in [0.25, 0.3) is 0 Å². The Balaban J connectivity index is 2.13. The van der Waals surface area contributed by atoms with E-state index in [4.69, 9.17) is 10.5 Å². The fourth-order valence-electron chi connectivity index (χ4n) is 2.23. The van der Waals surface area contributed by atoms with Crippen LogP contribution in [-0.4, -0.2) is 31.8 Å². The molecule has 1 rings (SSSR count). The summed E-state index contributed by atoms with van der Waals surface area (Å²) in [5.74, 6) is 0.625. The molecule has 0 radical (unpaired) electrons. The van der Waals surface area contributed by atoms with Crippen LogP contribution in [0.2, 0.25) is 0 Å². The average molecular weight is 214 g/mol. The maximum Gasteiger partial charge on any atom is 0.0779 e. The SMILES string of the molecule is CCCC(CN)CNCC1(C)CCCO1. The number of rotatable bonds is 7. The van der Waals surface area contributed by atoms with Gasteiger partial charge >= 0.3 is 0 Å². The first-order chi connectivity index (χ1) is 7.20. The highest BCUT2D eigenvalue weighted by molar-refractivity contribution is 4.82. The molecule has 1 aliphatic heterocycles. The van der Waals surface area contributed by atoms with Gasteiger partial charge in [-0.15, -0.1) is 0 Å². The molecule has 0 aromatic heterocycles. The number of hydrogen-bond donors (Lipinski definition) is 2. The Hall–Kier alpha value is -0.120. The monoisotopic (exact) mass is 214 g/mol. The summed E-state index contributed by atoms with van der Waals surface area (Å²) in [6.07, 6.45) is 4.83. The zero-order chi connectivity index (χ0) is 11.1. The lowest BCUT2D eigenvalue weighted by atomic mass is 10.0. The van der Waals surface area contributed by atoms with Gasteiger partial charge in [-0.25, -0.2) is 0 Å². The molecule has 0 spiro atoms. The molecule has 2 atom stereocenters. The highest BCUT2D eigenvalue weighted by Crippen LogP contribution is 2.23. The van der Waals surface area contributed by atoms with Gasteiger partial charge in [-0.1, -0.05) is 13.3 Å². The first-order valence-electron chi connectivity index (χ1n) is 6.25. The van der Waals surface area contributed by atoms with E-state index in [2.05, 4.69) is 19.2 Å². The zero-order valence-corrected chi connectivity index (χ0v) is 10.2. The van der Waals surface area contributed by atoms with E-state index in [-0.39, 0.29) is 5.60 Å². The molecule has 2 unspecified atom stereocenters. The Labute approximate surface area is 93.8 Å². The molecule has 0 amide bonds. The van der Waals surface area contributed by atoms with E-state index >= 15 is 0 Å². The molecule has 0 aromatic rings. The standard InChI is InChI=1S/C12H26N2O/c1-3-5-11(8-13)9-14-10-12(2)6-4-7-15-12/h11,14H,3-10,13H2,1-2H3. The molecule has 3 heteroatoms. The number of hydrogen-bond acceptors (Lipinski definition) is 3. The highest BCUT2D eigenvalue weighted by Gasteiger charge is 2.29. The summed E-state index contributed by atoms with van der Waals surface area (Å²) in [4.78, 5) is 0. The third-order valence-electron chi connectivity index (χ3n) is 3.26. The lowest BCUT2D eigenvalue weighted by molar-refractivity contribution is 0.0203. The predicted octanol–water partition coefficient (Wildman–Crippen LogP) is 1.52. The minimum Gasteiger partial charge on any atom is -0.374 e. The summed E-state index contributed by atoms with van der Waals surface area (Å²) >= 11 is 0. The molecule has 15 heavy (non-hydrogen) atoms. The predicted molar refractivity (Wildman–Crippen MR) is 63.9 cm³/mol. The Kier molecular flexibility index (Phi) is 5.58. The molecule has 0 aromatic carbocycles. The van der Waals surface area contributed by atoms with Crippen LogP contribution < -0.4 is 11.1 Å². The van der Waals surface area contributed by atoms with Crippen LogP contribution in [0.4, 0.5) is 0 Å². The van der Waals surface area contributed by atoms with E-state index in [1.54, 1.807) is 0 Å². The Bertz CT molecular complexity index is 167. The van der Waals surface area contributed by atoms with Gasteiger partial charge in [0.05, 0.1) is 5.60 Å². The molecule has 1 fully saturated rings. The van der Waals surface area contributed by atoms with Crippen molar-refractivity contribution in [2.75, 3.05) is 26.2 Å². The van der Waals surface area contributed by atoms with Crippen LogP contribution in [0.1, 0.15) is 39.5 Å². The minimum absolute atomic E-state index is 0.0748. The van der Waals surface area contributed by atoms with Crippen molar-refractivity contribution in [2.24, 2.45) is 11.7 Å². The van der Waals surface area contributed by atoms with Gasteiger partial charge in [0.2, 0.25) is 0 Å². The number of nitrogens with one attached hydrogen (secondary N) is 1. The van der Waals surface area contributed by atoms with Crippen molar-refractivity contribution >= 4 is 0 Å². The van der Waals surface area contributed by atoms with Crippen molar-refractivity contribution in [3.63, 3.8) is 0 Å². The van der Waals surface area contributed by atoms with Crippen LogP contribution in [0.5, 0.6) is 0 Å². The van der Waals surface area contributed by atoms with Crippen molar-refractivity contribution < 1.29 is 4.74 Å². The van der Waals surface area contributed by atoms with E-state index in [9.17, 15) is 0 Å². The lowest BCUT2D eigenvalue weighted by Crippen LogP contribution is -2.40. The van der Waals surface area contributed by atoms with E-state index in [1.165, 1.54) is 25.7 Å². The maximum absolute atomic E-state index is 5.72. The molecule has 3 N–H and O–H groups in total. The number of nitrogens with two attached hydrogens (primary N) is 1. The van der Waals surface area contributed by atoms with Crippen LogP contribution in [-0.2, 0) is 4.74 Å². The summed E-state index contributed by atoms with van der Waals surface area (Å²) in [6, 6.07) is 0. The van der Waals surface area contributed by atoms with Crippen LogP contribution in [0.3, 0.4) is 0 Å². The summed E-state index contributed by atoms with van der Waals surface area (Å²) in [5, 5.41) is 3.50. The average Bonchev–Trinajstić information content (AvgIpc) is 2.64. The van der Waals surface area contributed by atoms with Crippen molar-refractivity contribution in [1.82, 2.24) is 5.32 Å². The summed E-state index contributed by atoms with van der Waals surface area (Å²) in [6.45, 7) is 8.12. The smallest absolute Gasteiger partial charge is 0.0779 e. The molecule has 1 saturated heterocycles. The van der Waals surface area contributed by atoms with Crippen LogP contribution in [0.15, 0.2) is 0 Å². The molecule has 90 valence electrons. The molecule has 1 aliphatic rings. The first kappa shape index (κ1) is 12.9. The highest BCUT2D eigenvalue weighted by atomic mass is 16.5. The molecule has 1 heterocycles. The van der Waals surface area contributed by atoms with Gasteiger partial charge in [0.1, 0.15) is 0 Å². The van der Waals surface area contributed by atoms with Gasteiger partial charge in [-0.05, 0) is 45.2 Å². The van der Waals surface area contributed by atoms with Gasteiger partial charge < -0.3 is 15.8 Å². The topological polar surface area (TPSA) is 47.3 Å². The second-order valence-electron chi connectivity index (χ2n) is 4.92. The molecule has 0 aliphatic carbocycles. The Morgan fingerprint density at radius 2 is 2.33 bits per heavy atom. The number of ether oxygens (including phenoxy) is 1. The van der Waals surface area contributed by atoms with Crippen molar-refractivity contribution in [1.29, 1.82) is 0 Å². The second kappa shape index (κ2) is 6.46. The van der Waals surface area contributed by atoms with Gasteiger partial charge in [-0.2, -0.15) is 0 Å². The molecule has 3 nitrogen and oxygen atoms in total. The first-order valence-corrected chi connectivity index (χ1v) is 6.25. The van der Waals surface area contributed by atoms with Crippen molar-refractivity contribution in [2.45, 2.75) is 45.1 Å². The lowest BCUT2D eigenvalue weighted by Gasteiger charge is -2.25. The van der Waals surface area contributed by atoms with E-state index in [0.717, 1.165) is 26.2 Å². The van der Waals surface area contributed by atoms with Gasteiger partial charge in [-0.3, -0.25) is 0 Å². The summed E-state index contributed by atoms with van der Waals surface area (Å²) < 4.78 is 5.72. The minimum atomic E-state index is 0.0748. The van der Waals surface area contributed by atoms with E-state index in [1.807, 2.05) is 0 Å². The van der Waals surface area contributed by atoms with Gasteiger partial charge in [0.15, 0.2) is 0 Å². The fourth-order valence-corrected chi connectivity index (χ4v) is 2.23. The Morgan fingerprint density at radius 3 is 2.87 bits per heavy atom. The van der Waals surface area contributed by atoms with Crippen LogP contribution in [0.25, 0.3) is 0 Å². The normalized spacial score (nSPS) is 28.2. The second-order valence-corrected chi connectivity index (χ2v) is 4.92. The molecular weight excluding hydrogens is 188 g/mol. The van der Waals surface area contributed by atoms with Crippen molar-refractivity contribution in [3.05, 3.63) is 0 Å². The molecular formula is C12H26N2O. The Morgan fingerprint density at radius 1 is 1.53 bits per heavy atom. The van der Waals surface area contributed by atoms with Gasteiger partial charge in [0, 0.05) is 13.2 Å². The van der Waals surface area contributed by atoms with E-state index < -0.39 is 0 Å².